The normalized spacial score (nSPS) is 12.8. The van der Waals surface area contributed by atoms with Gasteiger partial charge in [0.05, 0.1) is 25.4 Å². The third-order valence-corrected chi connectivity index (χ3v) is 12.8. The summed E-state index contributed by atoms with van der Waals surface area (Å²) in [4.78, 5) is 24.5. The van der Waals surface area contributed by atoms with E-state index in [4.69, 9.17) is 4.74 Å². The van der Waals surface area contributed by atoms with E-state index in [2.05, 4.69) is 43.5 Å². The van der Waals surface area contributed by atoms with E-state index in [1.165, 1.54) is 212 Å². The summed E-state index contributed by atoms with van der Waals surface area (Å²) < 4.78 is 5.48. The third kappa shape index (κ3) is 47.8. The lowest BCUT2D eigenvalue weighted by atomic mass is 10.0. The first-order valence-corrected chi connectivity index (χ1v) is 27.6. The number of rotatable bonds is 51. The molecule has 0 radical (unpaired) electrons. The van der Waals surface area contributed by atoms with Crippen molar-refractivity contribution in [1.29, 1.82) is 0 Å². The predicted octanol–water partition coefficient (Wildman–Crippen LogP) is 16.7. The lowest BCUT2D eigenvalue weighted by molar-refractivity contribution is -0.143. The molecule has 0 aliphatic carbocycles. The number of allylic oxidation sites excluding steroid dienone is 4. The molecular weight excluding hydrogens is 767 g/mol. The second-order valence-electron chi connectivity index (χ2n) is 18.9. The molecule has 0 aromatic rings. The highest BCUT2D eigenvalue weighted by Crippen LogP contribution is 2.17. The molecule has 6 nitrogen and oxygen atoms in total. The molecule has 2 unspecified atom stereocenters. The van der Waals surface area contributed by atoms with Gasteiger partial charge in [-0.15, -0.1) is 0 Å². The molecule has 6 heteroatoms. The first-order valence-electron chi connectivity index (χ1n) is 27.6. The monoisotopic (exact) mass is 874 g/mol. The van der Waals surface area contributed by atoms with E-state index >= 15 is 0 Å². The molecule has 0 aromatic carbocycles. The van der Waals surface area contributed by atoms with Crippen LogP contribution in [0.3, 0.4) is 0 Å². The summed E-state index contributed by atoms with van der Waals surface area (Å²) in [5, 5.41) is 23.1. The molecule has 0 saturated heterocycles. The molecule has 0 heterocycles. The van der Waals surface area contributed by atoms with Gasteiger partial charge in [-0.05, 0) is 57.8 Å². The highest BCUT2D eigenvalue weighted by Gasteiger charge is 2.20. The third-order valence-electron chi connectivity index (χ3n) is 12.8. The molecule has 366 valence electrons. The summed E-state index contributed by atoms with van der Waals surface area (Å²) in [5.41, 5.74) is 0. The summed E-state index contributed by atoms with van der Waals surface area (Å²) in [6.07, 6.45) is 61.7. The second kappa shape index (κ2) is 52.0. The number of carbonyl (C=O) groups excluding carboxylic acids is 2. The van der Waals surface area contributed by atoms with Crippen LogP contribution in [0.5, 0.6) is 0 Å². The minimum atomic E-state index is -0.664. The highest BCUT2D eigenvalue weighted by atomic mass is 16.5. The van der Waals surface area contributed by atoms with Crippen LogP contribution in [-0.4, -0.2) is 47.4 Å². The van der Waals surface area contributed by atoms with E-state index < -0.39 is 12.1 Å². The lowest BCUT2D eigenvalue weighted by Gasteiger charge is -2.22. The smallest absolute Gasteiger partial charge is 0.305 e. The van der Waals surface area contributed by atoms with Gasteiger partial charge in [0, 0.05) is 12.8 Å². The SMILES string of the molecule is CCCCCC/C=C\C/C=C\CCCCCCCCCC(=O)OCCCCCCCCCCCCCCCCCCCCC(=O)NC(CO)C(O)CCCCCCCCCCC. The van der Waals surface area contributed by atoms with Crippen LogP contribution in [0.4, 0.5) is 0 Å². The Morgan fingerprint density at radius 1 is 0.452 bits per heavy atom. The van der Waals surface area contributed by atoms with E-state index in [1.807, 2.05) is 0 Å². The molecule has 0 rings (SSSR count). The summed E-state index contributed by atoms with van der Waals surface area (Å²) >= 11 is 0. The predicted molar refractivity (Wildman–Crippen MR) is 269 cm³/mol. The molecule has 0 spiro atoms. The molecule has 62 heavy (non-hydrogen) atoms. The van der Waals surface area contributed by atoms with Gasteiger partial charge in [-0.3, -0.25) is 9.59 Å². The van der Waals surface area contributed by atoms with Gasteiger partial charge in [-0.1, -0.05) is 250 Å². The number of hydrogen-bond donors (Lipinski definition) is 3. The first-order chi connectivity index (χ1) is 30.5. The van der Waals surface area contributed by atoms with E-state index in [-0.39, 0.29) is 18.5 Å². The van der Waals surface area contributed by atoms with Crippen molar-refractivity contribution >= 4 is 11.9 Å². The van der Waals surface area contributed by atoms with Crippen LogP contribution in [0.15, 0.2) is 24.3 Å². The fraction of sp³-hybridized carbons (Fsp3) is 0.893. The molecule has 0 bridgehead atoms. The number of ether oxygens (including phenoxy) is 1. The van der Waals surface area contributed by atoms with Gasteiger partial charge in [0.15, 0.2) is 0 Å². The van der Waals surface area contributed by atoms with Crippen molar-refractivity contribution in [3.05, 3.63) is 24.3 Å². The van der Waals surface area contributed by atoms with Crippen molar-refractivity contribution < 1.29 is 24.5 Å². The van der Waals surface area contributed by atoms with Crippen LogP contribution in [0.1, 0.15) is 296 Å². The number of aliphatic hydroxyl groups is 2. The topological polar surface area (TPSA) is 95.9 Å². The zero-order chi connectivity index (χ0) is 45.1. The lowest BCUT2D eigenvalue weighted by Crippen LogP contribution is -2.45. The largest absolute Gasteiger partial charge is 0.466 e. The van der Waals surface area contributed by atoms with Gasteiger partial charge in [-0.2, -0.15) is 0 Å². The Labute approximate surface area is 386 Å². The van der Waals surface area contributed by atoms with Gasteiger partial charge in [0.2, 0.25) is 5.91 Å². The molecule has 0 aliphatic heterocycles. The Kier molecular flexibility index (Phi) is 50.6. The summed E-state index contributed by atoms with van der Waals surface area (Å²) in [6, 6.07) is -0.542. The van der Waals surface area contributed by atoms with Crippen molar-refractivity contribution in [3.8, 4) is 0 Å². The Hall–Kier alpha value is -1.66. The Morgan fingerprint density at radius 2 is 0.806 bits per heavy atom. The molecule has 0 aliphatic rings. The standard InChI is InChI=1S/C56H107NO5/c1-3-5-7-9-11-13-14-15-16-17-21-24-27-30-34-38-42-46-50-56(61)62-51-47-43-39-35-31-28-25-22-19-18-20-23-26-29-33-37-41-45-49-55(60)57-53(52-58)54(59)48-44-40-36-32-12-10-8-6-4-2/h13-14,16-17,53-54,58-59H,3-12,15,18-52H2,1-2H3,(H,57,60)/b14-13-,17-16-. The van der Waals surface area contributed by atoms with Crippen LogP contribution >= 0.6 is 0 Å². The van der Waals surface area contributed by atoms with E-state index in [9.17, 15) is 19.8 Å². The van der Waals surface area contributed by atoms with Crippen LogP contribution in [0.2, 0.25) is 0 Å². The van der Waals surface area contributed by atoms with Gasteiger partial charge in [0.25, 0.3) is 0 Å². The summed E-state index contributed by atoms with van der Waals surface area (Å²) in [7, 11) is 0. The summed E-state index contributed by atoms with van der Waals surface area (Å²) in [6.45, 7) is 4.91. The van der Waals surface area contributed by atoms with Crippen LogP contribution in [0, 0.1) is 0 Å². The molecule has 0 fully saturated rings. The van der Waals surface area contributed by atoms with E-state index in [0.29, 0.717) is 25.9 Å². The van der Waals surface area contributed by atoms with Gasteiger partial charge in [0.1, 0.15) is 0 Å². The van der Waals surface area contributed by atoms with Gasteiger partial charge >= 0.3 is 5.97 Å². The van der Waals surface area contributed by atoms with Crippen LogP contribution in [0.25, 0.3) is 0 Å². The zero-order valence-electron chi connectivity index (χ0n) is 41.6. The number of carbonyl (C=O) groups is 2. The maximum absolute atomic E-state index is 12.4. The van der Waals surface area contributed by atoms with Gasteiger partial charge < -0.3 is 20.3 Å². The van der Waals surface area contributed by atoms with Crippen molar-refractivity contribution in [3.63, 3.8) is 0 Å². The van der Waals surface area contributed by atoms with Crippen molar-refractivity contribution in [2.45, 2.75) is 309 Å². The number of nitrogens with one attached hydrogen (secondary N) is 1. The molecule has 3 N–H and O–H groups in total. The minimum absolute atomic E-state index is 0.000199. The number of esters is 1. The fourth-order valence-electron chi connectivity index (χ4n) is 8.49. The number of amides is 1. The first kappa shape index (κ1) is 60.3. The molecule has 0 aromatic heterocycles. The number of aliphatic hydroxyl groups excluding tert-OH is 2. The average Bonchev–Trinajstić information content (AvgIpc) is 3.27. The summed E-state index contributed by atoms with van der Waals surface area (Å²) in [5.74, 6) is -0.0416. The van der Waals surface area contributed by atoms with Crippen LogP contribution < -0.4 is 5.32 Å². The molecular formula is C56H107NO5. The molecule has 2 atom stereocenters. The molecule has 0 saturated carbocycles. The second-order valence-corrected chi connectivity index (χ2v) is 18.9. The van der Waals surface area contributed by atoms with Crippen molar-refractivity contribution in [2.75, 3.05) is 13.2 Å². The quantitative estimate of drug-likeness (QED) is 0.0321. The maximum Gasteiger partial charge on any atom is 0.305 e. The Morgan fingerprint density at radius 3 is 1.24 bits per heavy atom. The minimum Gasteiger partial charge on any atom is -0.466 e. The average molecular weight is 874 g/mol. The number of unbranched alkanes of at least 4 members (excludes halogenated alkanes) is 36. The van der Waals surface area contributed by atoms with Gasteiger partial charge in [-0.25, -0.2) is 0 Å². The highest BCUT2D eigenvalue weighted by molar-refractivity contribution is 5.76. The Bertz CT molecular complexity index is 966. The van der Waals surface area contributed by atoms with Crippen LogP contribution in [-0.2, 0) is 14.3 Å². The number of hydrogen-bond acceptors (Lipinski definition) is 5. The van der Waals surface area contributed by atoms with Crippen molar-refractivity contribution in [2.24, 2.45) is 0 Å². The Balaban J connectivity index is 3.37. The fourth-order valence-corrected chi connectivity index (χ4v) is 8.49. The maximum atomic E-state index is 12.4. The zero-order valence-corrected chi connectivity index (χ0v) is 41.6. The molecule has 1 amide bonds. The van der Waals surface area contributed by atoms with E-state index in [0.717, 1.165) is 51.4 Å². The van der Waals surface area contributed by atoms with Crippen molar-refractivity contribution in [1.82, 2.24) is 5.32 Å². The van der Waals surface area contributed by atoms with E-state index in [1.54, 1.807) is 0 Å².